The van der Waals surface area contributed by atoms with Gasteiger partial charge in [0.15, 0.2) is 0 Å². The SMILES string of the molecule is CCCC1CCC(c2ccc(C(=O)Oc3ccc(CC)cc3)cc2)C(C)C1. The summed E-state index contributed by atoms with van der Waals surface area (Å²) in [4.78, 5) is 12.4. The van der Waals surface area contributed by atoms with Gasteiger partial charge in [0.2, 0.25) is 0 Å². The van der Waals surface area contributed by atoms with Gasteiger partial charge in [-0.1, -0.05) is 57.9 Å². The first-order valence-electron chi connectivity index (χ1n) is 10.5. The number of ether oxygens (including phenoxy) is 1. The van der Waals surface area contributed by atoms with E-state index >= 15 is 0 Å². The fourth-order valence-electron chi connectivity index (χ4n) is 4.50. The third kappa shape index (κ3) is 5.00. The van der Waals surface area contributed by atoms with Crippen LogP contribution >= 0.6 is 0 Å². The Morgan fingerprint density at radius 2 is 1.70 bits per heavy atom. The van der Waals surface area contributed by atoms with Gasteiger partial charge in [0.05, 0.1) is 5.56 Å². The Kier molecular flexibility index (Phi) is 6.71. The summed E-state index contributed by atoms with van der Waals surface area (Å²) in [5, 5.41) is 0. The van der Waals surface area contributed by atoms with Crippen molar-refractivity contribution in [1.82, 2.24) is 0 Å². The predicted molar refractivity (Wildman–Crippen MR) is 111 cm³/mol. The zero-order chi connectivity index (χ0) is 19.2. The van der Waals surface area contributed by atoms with Crippen LogP contribution in [0.25, 0.3) is 0 Å². The van der Waals surface area contributed by atoms with Crippen molar-refractivity contribution in [2.45, 2.75) is 65.2 Å². The van der Waals surface area contributed by atoms with Gasteiger partial charge < -0.3 is 4.74 Å². The fraction of sp³-hybridized carbons (Fsp3) is 0.480. The van der Waals surface area contributed by atoms with E-state index < -0.39 is 0 Å². The minimum absolute atomic E-state index is 0.287. The number of benzene rings is 2. The van der Waals surface area contributed by atoms with Crippen LogP contribution in [0.4, 0.5) is 0 Å². The molecule has 1 fully saturated rings. The molecule has 0 N–H and O–H groups in total. The van der Waals surface area contributed by atoms with Crippen LogP contribution in [0.1, 0.15) is 80.3 Å². The molecule has 2 heteroatoms. The second-order valence-corrected chi connectivity index (χ2v) is 8.06. The molecule has 0 spiro atoms. The summed E-state index contributed by atoms with van der Waals surface area (Å²) < 4.78 is 5.51. The highest BCUT2D eigenvalue weighted by molar-refractivity contribution is 5.91. The van der Waals surface area contributed by atoms with Crippen molar-refractivity contribution < 1.29 is 9.53 Å². The predicted octanol–water partition coefficient (Wildman–Crippen LogP) is 6.79. The lowest BCUT2D eigenvalue weighted by Crippen LogP contribution is -2.21. The molecule has 0 aromatic heterocycles. The Morgan fingerprint density at radius 1 is 1.00 bits per heavy atom. The van der Waals surface area contributed by atoms with Gasteiger partial charge in [-0.3, -0.25) is 0 Å². The van der Waals surface area contributed by atoms with Crippen molar-refractivity contribution >= 4 is 5.97 Å². The monoisotopic (exact) mass is 364 g/mol. The van der Waals surface area contributed by atoms with Gasteiger partial charge in [-0.2, -0.15) is 0 Å². The van der Waals surface area contributed by atoms with Gasteiger partial charge >= 0.3 is 5.97 Å². The normalized spacial score (nSPS) is 22.4. The van der Waals surface area contributed by atoms with Gasteiger partial charge in [-0.05, 0) is 78.8 Å². The highest BCUT2D eigenvalue weighted by Gasteiger charge is 2.28. The molecule has 144 valence electrons. The zero-order valence-corrected chi connectivity index (χ0v) is 16.9. The maximum absolute atomic E-state index is 12.4. The summed E-state index contributed by atoms with van der Waals surface area (Å²) >= 11 is 0. The van der Waals surface area contributed by atoms with Gasteiger partial charge in [-0.25, -0.2) is 4.79 Å². The van der Waals surface area contributed by atoms with Crippen LogP contribution in [0, 0.1) is 11.8 Å². The van der Waals surface area contributed by atoms with E-state index in [1.165, 1.54) is 43.2 Å². The van der Waals surface area contributed by atoms with Gasteiger partial charge in [0.25, 0.3) is 0 Å². The van der Waals surface area contributed by atoms with Crippen molar-refractivity contribution in [2.24, 2.45) is 11.8 Å². The van der Waals surface area contributed by atoms with Crippen LogP contribution in [0.5, 0.6) is 5.75 Å². The minimum atomic E-state index is -0.287. The molecule has 0 heterocycles. The maximum atomic E-state index is 12.4. The van der Waals surface area contributed by atoms with E-state index in [1.54, 1.807) is 0 Å². The Bertz CT molecular complexity index is 730. The van der Waals surface area contributed by atoms with Crippen LogP contribution in [-0.2, 0) is 6.42 Å². The second-order valence-electron chi connectivity index (χ2n) is 8.06. The molecule has 1 saturated carbocycles. The number of carbonyl (C=O) groups excluding carboxylic acids is 1. The molecule has 3 atom stereocenters. The topological polar surface area (TPSA) is 26.3 Å². The Hall–Kier alpha value is -2.09. The lowest BCUT2D eigenvalue weighted by atomic mass is 9.71. The first-order chi connectivity index (χ1) is 13.1. The number of hydrogen-bond donors (Lipinski definition) is 0. The molecule has 3 rings (SSSR count). The van der Waals surface area contributed by atoms with Crippen molar-refractivity contribution in [3.05, 3.63) is 65.2 Å². The highest BCUT2D eigenvalue weighted by atomic mass is 16.5. The quantitative estimate of drug-likeness (QED) is 0.417. The molecule has 3 unspecified atom stereocenters. The zero-order valence-electron chi connectivity index (χ0n) is 16.9. The average Bonchev–Trinajstić information content (AvgIpc) is 2.69. The van der Waals surface area contributed by atoms with E-state index in [4.69, 9.17) is 4.74 Å². The average molecular weight is 365 g/mol. The molecule has 0 saturated heterocycles. The molecule has 0 bridgehead atoms. The summed E-state index contributed by atoms with van der Waals surface area (Å²) in [6.07, 6.45) is 7.56. The number of carbonyl (C=O) groups is 1. The number of esters is 1. The molecule has 0 amide bonds. The lowest BCUT2D eigenvalue weighted by Gasteiger charge is -2.34. The molecular weight excluding hydrogens is 332 g/mol. The van der Waals surface area contributed by atoms with E-state index in [0.29, 0.717) is 23.1 Å². The Morgan fingerprint density at radius 3 is 2.30 bits per heavy atom. The third-order valence-corrected chi connectivity index (χ3v) is 6.09. The van der Waals surface area contributed by atoms with E-state index in [9.17, 15) is 4.79 Å². The van der Waals surface area contributed by atoms with Crippen LogP contribution < -0.4 is 4.74 Å². The lowest BCUT2D eigenvalue weighted by molar-refractivity contribution is 0.0734. The van der Waals surface area contributed by atoms with Gasteiger partial charge in [0, 0.05) is 0 Å². The summed E-state index contributed by atoms with van der Waals surface area (Å²) in [7, 11) is 0. The standard InChI is InChI=1S/C25H32O2/c1-4-6-20-9-16-24(18(3)17-20)21-10-12-22(13-11-21)25(26)27-23-14-7-19(5-2)8-15-23/h7-8,10-15,18,20,24H,4-6,9,16-17H2,1-3H3. The molecule has 1 aliphatic rings. The van der Waals surface area contributed by atoms with E-state index in [2.05, 4.69) is 32.9 Å². The van der Waals surface area contributed by atoms with Crippen LogP contribution in [0.3, 0.4) is 0 Å². The Labute approximate surface area is 164 Å². The van der Waals surface area contributed by atoms with E-state index in [-0.39, 0.29) is 5.97 Å². The molecule has 2 aromatic carbocycles. The smallest absolute Gasteiger partial charge is 0.343 e. The van der Waals surface area contributed by atoms with Crippen molar-refractivity contribution in [2.75, 3.05) is 0 Å². The first kappa shape index (κ1) is 19.7. The van der Waals surface area contributed by atoms with E-state index in [1.807, 2.05) is 36.4 Å². The van der Waals surface area contributed by atoms with Gasteiger partial charge in [0.1, 0.15) is 5.75 Å². The molecule has 1 aliphatic carbocycles. The first-order valence-corrected chi connectivity index (χ1v) is 10.5. The van der Waals surface area contributed by atoms with Crippen LogP contribution in [0.15, 0.2) is 48.5 Å². The number of aryl methyl sites for hydroxylation is 1. The van der Waals surface area contributed by atoms with Gasteiger partial charge in [-0.15, -0.1) is 0 Å². The summed E-state index contributed by atoms with van der Waals surface area (Å²) in [5.41, 5.74) is 3.22. The van der Waals surface area contributed by atoms with Crippen LogP contribution in [-0.4, -0.2) is 5.97 Å². The fourth-order valence-corrected chi connectivity index (χ4v) is 4.50. The van der Waals surface area contributed by atoms with Crippen LogP contribution in [0.2, 0.25) is 0 Å². The summed E-state index contributed by atoms with van der Waals surface area (Å²) in [6.45, 7) is 6.78. The Balaban J connectivity index is 1.61. The summed E-state index contributed by atoms with van der Waals surface area (Å²) in [6, 6.07) is 15.8. The van der Waals surface area contributed by atoms with E-state index in [0.717, 1.165) is 12.3 Å². The van der Waals surface area contributed by atoms with Crippen molar-refractivity contribution in [1.29, 1.82) is 0 Å². The minimum Gasteiger partial charge on any atom is -0.423 e. The van der Waals surface area contributed by atoms with Crippen molar-refractivity contribution in [3.63, 3.8) is 0 Å². The molecular formula is C25H32O2. The number of rotatable bonds is 6. The largest absolute Gasteiger partial charge is 0.423 e. The summed E-state index contributed by atoms with van der Waals surface area (Å²) in [5.74, 6) is 2.54. The molecule has 27 heavy (non-hydrogen) atoms. The second kappa shape index (κ2) is 9.21. The molecule has 2 aromatic rings. The molecule has 0 radical (unpaired) electrons. The third-order valence-electron chi connectivity index (χ3n) is 6.09. The highest BCUT2D eigenvalue weighted by Crippen LogP contribution is 2.41. The van der Waals surface area contributed by atoms with Crippen molar-refractivity contribution in [3.8, 4) is 5.75 Å². The molecule has 0 aliphatic heterocycles. The molecule has 2 nitrogen and oxygen atoms in total. The maximum Gasteiger partial charge on any atom is 0.343 e. The number of hydrogen-bond acceptors (Lipinski definition) is 2.